The fourth-order valence-corrected chi connectivity index (χ4v) is 3.65. The highest BCUT2D eigenvalue weighted by Gasteiger charge is 2.25. The molecule has 3 heterocycles. The second-order valence-electron chi connectivity index (χ2n) is 7.29. The largest absolute Gasteiger partial charge is 0.454 e. The molecule has 5 rings (SSSR count). The van der Waals surface area contributed by atoms with Gasteiger partial charge in [-0.25, -0.2) is 0 Å². The first-order valence-corrected chi connectivity index (χ1v) is 9.57. The normalized spacial score (nSPS) is 17.1. The fourth-order valence-electron chi connectivity index (χ4n) is 3.65. The second-order valence-corrected chi connectivity index (χ2v) is 7.29. The number of rotatable bonds is 4. The molecule has 0 unspecified atom stereocenters. The zero-order chi connectivity index (χ0) is 19.8. The molecule has 7 heteroatoms. The van der Waals surface area contributed by atoms with Crippen molar-refractivity contribution < 1.29 is 19.0 Å². The topological polar surface area (TPSA) is 74.6 Å². The van der Waals surface area contributed by atoms with Crippen LogP contribution in [0.1, 0.15) is 39.0 Å². The first-order valence-electron chi connectivity index (χ1n) is 9.57. The van der Waals surface area contributed by atoms with Gasteiger partial charge in [-0.2, -0.15) is 5.10 Å². The Balaban J connectivity index is 1.27. The van der Waals surface area contributed by atoms with E-state index in [1.165, 1.54) is 5.56 Å². The Morgan fingerprint density at radius 2 is 2.07 bits per heavy atom. The number of hydrogen-bond donors (Lipinski definition) is 1. The van der Waals surface area contributed by atoms with Crippen LogP contribution in [0.2, 0.25) is 0 Å². The number of benzene rings is 2. The molecule has 1 atom stereocenters. The molecule has 0 fully saturated rings. The van der Waals surface area contributed by atoms with Gasteiger partial charge in [-0.15, -0.1) is 0 Å². The molecular weight excluding hydrogens is 370 g/mol. The van der Waals surface area contributed by atoms with E-state index in [1.54, 1.807) is 6.07 Å². The number of hydrogen-bond acceptors (Lipinski definition) is 5. The summed E-state index contributed by atoms with van der Waals surface area (Å²) < 4.78 is 18.7. The van der Waals surface area contributed by atoms with E-state index < -0.39 is 0 Å². The van der Waals surface area contributed by atoms with Crippen molar-refractivity contribution in [1.29, 1.82) is 0 Å². The smallest absolute Gasteiger partial charge is 0.272 e. The highest BCUT2D eigenvalue weighted by molar-refractivity contribution is 5.92. The molecule has 3 aromatic rings. The maximum absolute atomic E-state index is 12.5. The third-order valence-electron chi connectivity index (χ3n) is 5.17. The van der Waals surface area contributed by atoms with Crippen molar-refractivity contribution in [3.05, 3.63) is 76.6 Å². The molecule has 0 saturated carbocycles. The van der Waals surface area contributed by atoms with Crippen LogP contribution < -0.4 is 14.8 Å². The van der Waals surface area contributed by atoms with Crippen LogP contribution in [0.3, 0.4) is 0 Å². The van der Waals surface area contributed by atoms with Crippen LogP contribution in [-0.4, -0.2) is 22.5 Å². The van der Waals surface area contributed by atoms with Crippen molar-refractivity contribution in [2.75, 3.05) is 6.79 Å². The fraction of sp³-hybridized carbons (Fsp3) is 0.273. The highest BCUT2D eigenvalue weighted by atomic mass is 16.7. The van der Waals surface area contributed by atoms with E-state index in [0.717, 1.165) is 28.3 Å². The molecule has 1 aromatic heterocycles. The maximum atomic E-state index is 12.5. The number of aromatic nitrogens is 2. The summed E-state index contributed by atoms with van der Waals surface area (Å²) in [4.78, 5) is 12.5. The molecular formula is C22H21N3O4. The van der Waals surface area contributed by atoms with Crippen LogP contribution in [0, 0.1) is 6.92 Å². The lowest BCUT2D eigenvalue weighted by Gasteiger charge is -2.24. The van der Waals surface area contributed by atoms with Crippen molar-refractivity contribution in [3.63, 3.8) is 0 Å². The first kappa shape index (κ1) is 17.8. The van der Waals surface area contributed by atoms with Crippen molar-refractivity contribution in [2.45, 2.75) is 32.7 Å². The number of ether oxygens (including phenoxy) is 3. The minimum atomic E-state index is -0.187. The molecule has 7 nitrogen and oxygen atoms in total. The van der Waals surface area contributed by atoms with Gasteiger partial charge in [0.05, 0.1) is 18.8 Å². The summed E-state index contributed by atoms with van der Waals surface area (Å²) in [7, 11) is 0. The standard InChI is InChI=1S/C22H21N3O4/c1-14-3-2-4-15(7-14)10-23-22(26)18-9-17-12-27-21(11-25(17)24-18)16-5-6-19-20(8-16)29-13-28-19/h2-9,21H,10-13H2,1H3,(H,23,26)/t21-/m0/s1. The summed E-state index contributed by atoms with van der Waals surface area (Å²) in [5.74, 6) is 1.29. The van der Waals surface area contributed by atoms with Gasteiger partial charge >= 0.3 is 0 Å². The van der Waals surface area contributed by atoms with E-state index in [0.29, 0.717) is 25.4 Å². The van der Waals surface area contributed by atoms with E-state index in [1.807, 2.05) is 48.0 Å². The average molecular weight is 391 g/mol. The third-order valence-corrected chi connectivity index (χ3v) is 5.17. The molecule has 0 spiro atoms. The molecule has 29 heavy (non-hydrogen) atoms. The molecule has 148 valence electrons. The Hall–Kier alpha value is -3.32. The first-order chi connectivity index (χ1) is 14.2. The summed E-state index contributed by atoms with van der Waals surface area (Å²) in [6, 6.07) is 15.7. The summed E-state index contributed by atoms with van der Waals surface area (Å²) in [5, 5.41) is 7.43. The van der Waals surface area contributed by atoms with E-state index in [-0.39, 0.29) is 18.8 Å². The number of fused-ring (bicyclic) bond motifs is 2. The zero-order valence-corrected chi connectivity index (χ0v) is 16.1. The monoisotopic (exact) mass is 391 g/mol. The van der Waals surface area contributed by atoms with Crippen molar-refractivity contribution in [2.24, 2.45) is 0 Å². The van der Waals surface area contributed by atoms with Crippen LogP contribution in [0.25, 0.3) is 0 Å². The number of carbonyl (C=O) groups excluding carboxylic acids is 1. The third kappa shape index (κ3) is 3.56. The lowest BCUT2D eigenvalue weighted by molar-refractivity contribution is -0.00128. The molecule has 0 bridgehead atoms. The number of nitrogens with zero attached hydrogens (tertiary/aromatic N) is 2. The van der Waals surface area contributed by atoms with Gasteiger partial charge in [0.1, 0.15) is 6.10 Å². The maximum Gasteiger partial charge on any atom is 0.272 e. The average Bonchev–Trinajstić information content (AvgIpc) is 3.37. The van der Waals surface area contributed by atoms with E-state index in [4.69, 9.17) is 14.2 Å². The van der Waals surface area contributed by atoms with E-state index in [2.05, 4.69) is 16.5 Å². The lowest BCUT2D eigenvalue weighted by Crippen LogP contribution is -2.24. The summed E-state index contributed by atoms with van der Waals surface area (Å²) in [6.45, 7) is 3.69. The molecule has 0 saturated heterocycles. The van der Waals surface area contributed by atoms with Gasteiger partial charge in [0.15, 0.2) is 17.2 Å². The lowest BCUT2D eigenvalue weighted by atomic mass is 10.1. The molecule has 2 aromatic carbocycles. The van der Waals surface area contributed by atoms with Gasteiger partial charge in [0.2, 0.25) is 6.79 Å². The molecule has 1 N–H and O–H groups in total. The number of aryl methyl sites for hydroxylation is 1. The van der Waals surface area contributed by atoms with Crippen molar-refractivity contribution >= 4 is 5.91 Å². The molecule has 2 aliphatic heterocycles. The van der Waals surface area contributed by atoms with Gasteiger partial charge in [-0.05, 0) is 36.2 Å². The van der Waals surface area contributed by atoms with Gasteiger partial charge in [0, 0.05) is 6.54 Å². The Bertz CT molecular complexity index is 1080. The molecule has 0 aliphatic carbocycles. The number of amides is 1. The summed E-state index contributed by atoms with van der Waals surface area (Å²) >= 11 is 0. The van der Waals surface area contributed by atoms with Gasteiger partial charge in [0.25, 0.3) is 5.91 Å². The Kier molecular flexibility index (Phi) is 4.44. The SMILES string of the molecule is Cc1cccc(CNC(=O)c2cc3n(n2)C[C@@H](c2ccc4c(c2)OCO4)OC3)c1. The van der Waals surface area contributed by atoms with Crippen LogP contribution in [-0.2, 0) is 24.4 Å². The Morgan fingerprint density at radius 3 is 2.97 bits per heavy atom. The predicted molar refractivity (Wildman–Crippen MR) is 105 cm³/mol. The van der Waals surface area contributed by atoms with E-state index >= 15 is 0 Å². The van der Waals surface area contributed by atoms with Crippen LogP contribution in [0.15, 0.2) is 48.5 Å². The Morgan fingerprint density at radius 1 is 1.17 bits per heavy atom. The van der Waals surface area contributed by atoms with Crippen LogP contribution in [0.4, 0.5) is 0 Å². The summed E-state index contributed by atoms with van der Waals surface area (Å²) in [5.41, 5.74) is 4.53. The van der Waals surface area contributed by atoms with Gasteiger partial charge in [-0.1, -0.05) is 35.9 Å². The number of carbonyl (C=O) groups is 1. The van der Waals surface area contributed by atoms with Crippen molar-refractivity contribution in [1.82, 2.24) is 15.1 Å². The van der Waals surface area contributed by atoms with Gasteiger partial charge in [-0.3, -0.25) is 9.48 Å². The Labute approximate surface area is 168 Å². The van der Waals surface area contributed by atoms with Crippen LogP contribution in [0.5, 0.6) is 11.5 Å². The van der Waals surface area contributed by atoms with E-state index in [9.17, 15) is 4.79 Å². The second kappa shape index (κ2) is 7.25. The minimum absolute atomic E-state index is 0.153. The quantitative estimate of drug-likeness (QED) is 0.740. The molecule has 0 radical (unpaired) electrons. The van der Waals surface area contributed by atoms with Crippen LogP contribution >= 0.6 is 0 Å². The van der Waals surface area contributed by atoms with Gasteiger partial charge < -0.3 is 19.5 Å². The zero-order valence-electron chi connectivity index (χ0n) is 16.1. The number of nitrogens with one attached hydrogen (secondary N) is 1. The van der Waals surface area contributed by atoms with Crippen molar-refractivity contribution in [3.8, 4) is 11.5 Å². The highest BCUT2D eigenvalue weighted by Crippen LogP contribution is 2.36. The summed E-state index contributed by atoms with van der Waals surface area (Å²) in [6.07, 6.45) is -0.153. The molecule has 1 amide bonds. The predicted octanol–water partition coefficient (Wildman–Crippen LogP) is 3.12. The minimum Gasteiger partial charge on any atom is -0.454 e. The molecule has 2 aliphatic rings.